The molecule has 0 aromatic heterocycles. The van der Waals surface area contributed by atoms with Crippen LogP contribution in [-0.2, 0) is 16.1 Å². The highest BCUT2D eigenvalue weighted by Gasteiger charge is 2.27. The third-order valence-electron chi connectivity index (χ3n) is 2.77. The molecule has 0 aliphatic carbocycles. The molecule has 0 radical (unpaired) electrons. The average molecular weight is 298 g/mol. The molecule has 1 rings (SSSR count). The van der Waals surface area contributed by atoms with E-state index in [2.05, 4.69) is 5.32 Å². The van der Waals surface area contributed by atoms with Crippen molar-refractivity contribution in [3.8, 4) is 0 Å². The molecule has 0 aliphatic rings. The minimum atomic E-state index is -0.466. The molecule has 1 aromatic rings. The number of hydrogen-bond donors (Lipinski definition) is 1. The van der Waals surface area contributed by atoms with E-state index in [-0.39, 0.29) is 17.9 Å². The van der Waals surface area contributed by atoms with Crippen LogP contribution >= 0.6 is 11.6 Å². The molecule has 3 nitrogen and oxygen atoms in total. The predicted molar refractivity (Wildman–Crippen MR) is 82.8 cm³/mol. The van der Waals surface area contributed by atoms with E-state index in [1.807, 2.05) is 58.9 Å². The number of ether oxygens (including phenoxy) is 1. The largest absolute Gasteiger partial charge is 0.459 e. The Balaban J connectivity index is 2.63. The first-order valence-electron chi connectivity index (χ1n) is 6.90. The molecule has 1 atom stereocenters. The zero-order chi connectivity index (χ0) is 15.3. The fourth-order valence-corrected chi connectivity index (χ4v) is 1.91. The summed E-state index contributed by atoms with van der Waals surface area (Å²) in [5.74, 6) is -0.0430. The van der Waals surface area contributed by atoms with E-state index in [4.69, 9.17) is 16.3 Å². The molecule has 1 unspecified atom stereocenters. The number of carbonyl (C=O) groups is 1. The second kappa shape index (κ2) is 7.09. The van der Waals surface area contributed by atoms with Crippen LogP contribution in [-0.4, -0.2) is 17.6 Å². The summed E-state index contributed by atoms with van der Waals surface area (Å²) in [6, 6.07) is 7.26. The Hall–Kier alpha value is -1.06. The van der Waals surface area contributed by atoms with E-state index in [1.165, 1.54) is 0 Å². The lowest BCUT2D eigenvalue weighted by Crippen LogP contribution is -2.44. The Morgan fingerprint density at radius 2 is 1.80 bits per heavy atom. The molecule has 0 spiro atoms. The minimum Gasteiger partial charge on any atom is -0.459 e. The lowest BCUT2D eigenvalue weighted by Gasteiger charge is -2.26. The number of rotatable bonds is 5. The molecule has 4 heteroatoms. The Kier molecular flexibility index (Phi) is 6.03. The van der Waals surface area contributed by atoms with Gasteiger partial charge in [-0.15, -0.1) is 0 Å². The average Bonchev–Trinajstić information content (AvgIpc) is 2.29. The summed E-state index contributed by atoms with van der Waals surface area (Å²) in [4.78, 5) is 12.2. The molecule has 0 bridgehead atoms. The van der Waals surface area contributed by atoms with Crippen LogP contribution in [0.5, 0.6) is 0 Å². The van der Waals surface area contributed by atoms with Gasteiger partial charge in [0, 0.05) is 11.6 Å². The fraction of sp³-hybridized carbons (Fsp3) is 0.562. The second-order valence-electron chi connectivity index (χ2n) is 6.26. The zero-order valence-corrected chi connectivity index (χ0v) is 13.6. The minimum absolute atomic E-state index is 0.164. The van der Waals surface area contributed by atoms with Gasteiger partial charge in [-0.25, -0.2) is 0 Å². The van der Waals surface area contributed by atoms with Crippen molar-refractivity contribution in [2.75, 3.05) is 0 Å². The second-order valence-corrected chi connectivity index (χ2v) is 6.70. The highest BCUT2D eigenvalue weighted by Crippen LogP contribution is 2.14. The third-order valence-corrected chi connectivity index (χ3v) is 3.02. The first-order chi connectivity index (χ1) is 9.19. The molecule has 20 heavy (non-hydrogen) atoms. The molecule has 1 N–H and O–H groups in total. The van der Waals surface area contributed by atoms with Crippen LogP contribution in [0, 0.1) is 5.92 Å². The molecule has 0 saturated heterocycles. The summed E-state index contributed by atoms with van der Waals surface area (Å²) >= 11 is 5.85. The fourth-order valence-electron chi connectivity index (χ4n) is 1.79. The van der Waals surface area contributed by atoms with E-state index >= 15 is 0 Å². The van der Waals surface area contributed by atoms with Crippen molar-refractivity contribution >= 4 is 17.6 Å². The standard InChI is InChI=1S/C16H24ClNO2/c1-11(2)14(15(19)20-16(3,4)5)18-10-12-6-8-13(17)9-7-12/h6-9,11,14,18H,10H2,1-5H3. The van der Waals surface area contributed by atoms with Gasteiger partial charge in [0.05, 0.1) is 0 Å². The van der Waals surface area contributed by atoms with Crippen LogP contribution in [0.3, 0.4) is 0 Å². The van der Waals surface area contributed by atoms with Crippen LogP contribution in [0.4, 0.5) is 0 Å². The van der Waals surface area contributed by atoms with Crippen molar-refractivity contribution < 1.29 is 9.53 Å². The summed E-state index contributed by atoms with van der Waals surface area (Å²) in [6.45, 7) is 10.2. The zero-order valence-electron chi connectivity index (χ0n) is 12.9. The number of halogens is 1. The lowest BCUT2D eigenvalue weighted by atomic mass is 10.0. The highest BCUT2D eigenvalue weighted by molar-refractivity contribution is 6.30. The van der Waals surface area contributed by atoms with Crippen LogP contribution in [0.1, 0.15) is 40.2 Å². The quantitative estimate of drug-likeness (QED) is 0.840. The van der Waals surface area contributed by atoms with Crippen LogP contribution < -0.4 is 5.32 Å². The molecule has 112 valence electrons. The van der Waals surface area contributed by atoms with Gasteiger partial charge in [0.2, 0.25) is 0 Å². The summed E-state index contributed by atoms with van der Waals surface area (Å²) in [7, 11) is 0. The maximum Gasteiger partial charge on any atom is 0.323 e. The third kappa shape index (κ3) is 5.93. The van der Waals surface area contributed by atoms with Gasteiger partial charge >= 0.3 is 5.97 Å². The molecule has 0 fully saturated rings. The van der Waals surface area contributed by atoms with Gasteiger partial charge in [0.1, 0.15) is 11.6 Å². The van der Waals surface area contributed by atoms with E-state index in [9.17, 15) is 4.79 Å². The van der Waals surface area contributed by atoms with E-state index < -0.39 is 5.60 Å². The van der Waals surface area contributed by atoms with Crippen molar-refractivity contribution in [2.45, 2.75) is 52.8 Å². The van der Waals surface area contributed by atoms with Crippen molar-refractivity contribution in [2.24, 2.45) is 5.92 Å². The van der Waals surface area contributed by atoms with Gasteiger partial charge in [-0.2, -0.15) is 0 Å². The van der Waals surface area contributed by atoms with Gasteiger partial charge in [0.25, 0.3) is 0 Å². The predicted octanol–water partition coefficient (Wildman–Crippen LogP) is 3.80. The first-order valence-corrected chi connectivity index (χ1v) is 7.27. The Morgan fingerprint density at radius 3 is 2.25 bits per heavy atom. The number of nitrogens with one attached hydrogen (secondary N) is 1. The monoisotopic (exact) mass is 297 g/mol. The number of esters is 1. The van der Waals surface area contributed by atoms with Gasteiger partial charge in [0.15, 0.2) is 0 Å². The normalized spacial score (nSPS) is 13.3. The van der Waals surface area contributed by atoms with Crippen molar-refractivity contribution in [1.29, 1.82) is 0 Å². The SMILES string of the molecule is CC(C)C(NCc1ccc(Cl)cc1)C(=O)OC(C)(C)C. The van der Waals surface area contributed by atoms with Crippen LogP contribution in [0.25, 0.3) is 0 Å². The number of hydrogen-bond acceptors (Lipinski definition) is 3. The van der Waals surface area contributed by atoms with E-state index in [1.54, 1.807) is 0 Å². The number of benzene rings is 1. The van der Waals surface area contributed by atoms with Gasteiger partial charge in [-0.05, 0) is 44.4 Å². The molecular formula is C16H24ClNO2. The van der Waals surface area contributed by atoms with Crippen LogP contribution in [0.2, 0.25) is 5.02 Å². The Morgan fingerprint density at radius 1 is 1.25 bits per heavy atom. The van der Waals surface area contributed by atoms with E-state index in [0.29, 0.717) is 11.6 Å². The maximum absolute atomic E-state index is 12.2. The molecule has 0 aliphatic heterocycles. The summed E-state index contributed by atoms with van der Waals surface area (Å²) in [5.41, 5.74) is 0.621. The van der Waals surface area contributed by atoms with Gasteiger partial charge < -0.3 is 10.1 Å². The van der Waals surface area contributed by atoms with Crippen molar-refractivity contribution in [3.63, 3.8) is 0 Å². The molecular weight excluding hydrogens is 274 g/mol. The lowest BCUT2D eigenvalue weighted by molar-refractivity contribution is -0.158. The smallest absolute Gasteiger partial charge is 0.323 e. The highest BCUT2D eigenvalue weighted by atomic mass is 35.5. The maximum atomic E-state index is 12.2. The Labute approximate surface area is 126 Å². The molecule has 0 heterocycles. The van der Waals surface area contributed by atoms with Gasteiger partial charge in [-0.3, -0.25) is 4.79 Å². The molecule has 0 saturated carbocycles. The van der Waals surface area contributed by atoms with Gasteiger partial charge in [-0.1, -0.05) is 37.6 Å². The summed E-state index contributed by atoms with van der Waals surface area (Å²) in [6.07, 6.45) is 0. The summed E-state index contributed by atoms with van der Waals surface area (Å²) in [5, 5.41) is 3.97. The van der Waals surface area contributed by atoms with E-state index in [0.717, 1.165) is 5.56 Å². The summed E-state index contributed by atoms with van der Waals surface area (Å²) < 4.78 is 5.45. The first kappa shape index (κ1) is 17.0. The molecule has 0 amide bonds. The van der Waals surface area contributed by atoms with Crippen molar-refractivity contribution in [3.05, 3.63) is 34.9 Å². The van der Waals surface area contributed by atoms with Crippen LogP contribution in [0.15, 0.2) is 24.3 Å². The van der Waals surface area contributed by atoms with Crippen molar-refractivity contribution in [1.82, 2.24) is 5.32 Å². The number of carbonyl (C=O) groups excluding carboxylic acids is 1. The topological polar surface area (TPSA) is 38.3 Å². The Bertz CT molecular complexity index is 435. The molecule has 1 aromatic carbocycles.